The Morgan fingerprint density at radius 1 is 1.50 bits per heavy atom. The summed E-state index contributed by atoms with van der Waals surface area (Å²) >= 11 is 0. The Labute approximate surface area is 86.0 Å². The average molecular weight is 200 g/mol. The van der Waals surface area contributed by atoms with Crippen molar-refractivity contribution in [1.29, 1.82) is 0 Å². The molecule has 1 aliphatic heterocycles. The van der Waals surface area contributed by atoms with E-state index < -0.39 is 0 Å². The molecule has 14 heavy (non-hydrogen) atoms. The van der Waals surface area contributed by atoms with Crippen LogP contribution in [0.5, 0.6) is 0 Å². The van der Waals surface area contributed by atoms with E-state index in [1.54, 1.807) is 6.26 Å². The van der Waals surface area contributed by atoms with Gasteiger partial charge >= 0.3 is 0 Å². The molecule has 0 aromatic carbocycles. The lowest BCUT2D eigenvalue weighted by Crippen LogP contribution is -2.35. The van der Waals surface area contributed by atoms with Gasteiger partial charge in [-0.1, -0.05) is 13.3 Å². The second-order valence-electron chi connectivity index (χ2n) is 3.60. The van der Waals surface area contributed by atoms with E-state index >= 15 is 0 Å². The highest BCUT2D eigenvalue weighted by atomic mass is 16.7. The summed E-state index contributed by atoms with van der Waals surface area (Å²) in [6.45, 7) is 6.89. The normalized spacial score (nSPS) is 28.5. The molecular weight excluding hydrogens is 180 g/mol. The molecule has 0 fully saturated rings. The molecule has 0 aromatic rings. The molecule has 82 valence electrons. The largest absolute Gasteiger partial charge is 0.470 e. The summed E-state index contributed by atoms with van der Waals surface area (Å²) in [5.41, 5.74) is 0. The smallest absolute Gasteiger partial charge is 0.225 e. The second kappa shape index (κ2) is 6.04. The first-order chi connectivity index (χ1) is 6.74. The average Bonchev–Trinajstić information content (AvgIpc) is 2.18. The van der Waals surface area contributed by atoms with E-state index in [0.717, 1.165) is 19.4 Å². The van der Waals surface area contributed by atoms with Gasteiger partial charge in [0.2, 0.25) is 6.29 Å². The molecular formula is C11H20O3. The SMILES string of the molecule is CCCCOC(C)[C@H]1OC=C[C@@H](C)O1. The molecule has 3 nitrogen and oxygen atoms in total. The number of unbranched alkanes of at least 4 members (excludes halogenated alkanes) is 1. The van der Waals surface area contributed by atoms with Crippen LogP contribution in [0.2, 0.25) is 0 Å². The second-order valence-corrected chi connectivity index (χ2v) is 3.60. The number of rotatable bonds is 5. The molecule has 1 rings (SSSR count). The molecule has 1 aliphatic rings. The molecule has 0 saturated carbocycles. The van der Waals surface area contributed by atoms with Crippen LogP contribution in [0.4, 0.5) is 0 Å². The van der Waals surface area contributed by atoms with Crippen molar-refractivity contribution in [2.45, 2.75) is 52.1 Å². The van der Waals surface area contributed by atoms with Gasteiger partial charge in [0, 0.05) is 6.61 Å². The summed E-state index contributed by atoms with van der Waals surface area (Å²) in [5, 5.41) is 0. The summed E-state index contributed by atoms with van der Waals surface area (Å²) in [5.74, 6) is 0. The number of ether oxygens (including phenoxy) is 3. The zero-order chi connectivity index (χ0) is 10.4. The van der Waals surface area contributed by atoms with Crippen molar-refractivity contribution in [3.63, 3.8) is 0 Å². The van der Waals surface area contributed by atoms with Crippen LogP contribution < -0.4 is 0 Å². The minimum absolute atomic E-state index is 0.00560. The van der Waals surface area contributed by atoms with Gasteiger partial charge in [-0.2, -0.15) is 0 Å². The van der Waals surface area contributed by atoms with Crippen molar-refractivity contribution in [2.75, 3.05) is 6.61 Å². The van der Waals surface area contributed by atoms with Gasteiger partial charge in [0.25, 0.3) is 0 Å². The molecule has 0 aromatic heterocycles. The lowest BCUT2D eigenvalue weighted by atomic mass is 10.3. The van der Waals surface area contributed by atoms with E-state index in [1.165, 1.54) is 0 Å². The van der Waals surface area contributed by atoms with Crippen molar-refractivity contribution < 1.29 is 14.2 Å². The number of hydrogen-bond donors (Lipinski definition) is 0. The lowest BCUT2D eigenvalue weighted by molar-refractivity contribution is -0.199. The Morgan fingerprint density at radius 2 is 2.29 bits per heavy atom. The van der Waals surface area contributed by atoms with Gasteiger partial charge < -0.3 is 14.2 Å². The van der Waals surface area contributed by atoms with Gasteiger partial charge in [-0.05, 0) is 26.3 Å². The monoisotopic (exact) mass is 200 g/mol. The van der Waals surface area contributed by atoms with Crippen LogP contribution in [0.15, 0.2) is 12.3 Å². The first kappa shape index (κ1) is 11.5. The third-order valence-electron chi connectivity index (χ3n) is 2.17. The summed E-state index contributed by atoms with van der Waals surface area (Å²) < 4.78 is 16.4. The van der Waals surface area contributed by atoms with Gasteiger partial charge in [-0.15, -0.1) is 0 Å². The molecule has 0 amide bonds. The van der Waals surface area contributed by atoms with Crippen molar-refractivity contribution in [3.8, 4) is 0 Å². The summed E-state index contributed by atoms with van der Waals surface area (Å²) in [4.78, 5) is 0. The standard InChI is InChI=1S/C11H20O3/c1-4-5-7-12-10(3)11-13-8-6-9(2)14-11/h6,8-11H,4-5,7H2,1-3H3/t9-,10?,11+/m1/s1. The highest BCUT2D eigenvalue weighted by molar-refractivity contribution is 4.86. The van der Waals surface area contributed by atoms with E-state index in [2.05, 4.69) is 6.92 Å². The molecule has 0 spiro atoms. The first-order valence-electron chi connectivity index (χ1n) is 5.33. The van der Waals surface area contributed by atoms with Crippen LogP contribution in [-0.4, -0.2) is 25.1 Å². The van der Waals surface area contributed by atoms with Gasteiger partial charge in [-0.25, -0.2) is 0 Å². The van der Waals surface area contributed by atoms with Gasteiger partial charge in [-0.3, -0.25) is 0 Å². The van der Waals surface area contributed by atoms with Crippen molar-refractivity contribution in [3.05, 3.63) is 12.3 Å². The van der Waals surface area contributed by atoms with E-state index in [1.807, 2.05) is 19.9 Å². The molecule has 0 N–H and O–H groups in total. The topological polar surface area (TPSA) is 27.7 Å². The third-order valence-corrected chi connectivity index (χ3v) is 2.17. The maximum Gasteiger partial charge on any atom is 0.225 e. The fraction of sp³-hybridized carbons (Fsp3) is 0.818. The van der Waals surface area contributed by atoms with Gasteiger partial charge in [0.1, 0.15) is 6.10 Å². The Bertz CT molecular complexity index is 179. The summed E-state index contributed by atoms with van der Waals surface area (Å²) in [6, 6.07) is 0. The Hall–Kier alpha value is -0.540. The molecule has 1 heterocycles. The Kier molecular flexibility index (Phi) is 4.98. The number of hydrogen-bond acceptors (Lipinski definition) is 3. The van der Waals surface area contributed by atoms with Crippen LogP contribution in [0, 0.1) is 0 Å². The summed E-state index contributed by atoms with van der Waals surface area (Å²) in [6.07, 6.45) is 5.66. The minimum Gasteiger partial charge on any atom is -0.470 e. The van der Waals surface area contributed by atoms with E-state index in [4.69, 9.17) is 14.2 Å². The minimum atomic E-state index is -0.258. The maximum atomic E-state index is 5.59. The van der Waals surface area contributed by atoms with E-state index in [9.17, 15) is 0 Å². The molecule has 3 atom stereocenters. The zero-order valence-corrected chi connectivity index (χ0v) is 9.23. The van der Waals surface area contributed by atoms with Crippen molar-refractivity contribution in [2.24, 2.45) is 0 Å². The predicted octanol–water partition coefficient (Wildman–Crippen LogP) is 2.47. The first-order valence-corrected chi connectivity index (χ1v) is 5.33. The fourth-order valence-electron chi connectivity index (χ4n) is 1.24. The van der Waals surface area contributed by atoms with Crippen molar-refractivity contribution in [1.82, 2.24) is 0 Å². The molecule has 0 saturated heterocycles. The van der Waals surface area contributed by atoms with Crippen LogP contribution in [0.3, 0.4) is 0 Å². The quantitative estimate of drug-likeness (QED) is 0.638. The third kappa shape index (κ3) is 3.68. The lowest BCUT2D eigenvalue weighted by Gasteiger charge is -2.28. The Balaban J connectivity index is 2.23. The van der Waals surface area contributed by atoms with Gasteiger partial charge in [0.15, 0.2) is 0 Å². The molecule has 0 bridgehead atoms. The predicted molar refractivity (Wildman–Crippen MR) is 54.9 cm³/mol. The zero-order valence-electron chi connectivity index (χ0n) is 9.23. The van der Waals surface area contributed by atoms with Crippen LogP contribution in [0.25, 0.3) is 0 Å². The molecule has 0 aliphatic carbocycles. The molecule has 1 unspecified atom stereocenters. The van der Waals surface area contributed by atoms with E-state index in [-0.39, 0.29) is 18.5 Å². The van der Waals surface area contributed by atoms with Crippen LogP contribution >= 0.6 is 0 Å². The molecule has 3 heteroatoms. The van der Waals surface area contributed by atoms with Crippen LogP contribution in [-0.2, 0) is 14.2 Å². The molecule has 0 radical (unpaired) electrons. The van der Waals surface area contributed by atoms with E-state index in [0.29, 0.717) is 0 Å². The highest BCUT2D eigenvalue weighted by Gasteiger charge is 2.23. The highest BCUT2D eigenvalue weighted by Crippen LogP contribution is 2.14. The summed E-state index contributed by atoms with van der Waals surface area (Å²) in [7, 11) is 0. The van der Waals surface area contributed by atoms with Crippen LogP contribution in [0.1, 0.15) is 33.6 Å². The maximum absolute atomic E-state index is 5.59. The van der Waals surface area contributed by atoms with Crippen molar-refractivity contribution >= 4 is 0 Å². The van der Waals surface area contributed by atoms with Gasteiger partial charge in [0.05, 0.1) is 12.4 Å². The fourth-order valence-corrected chi connectivity index (χ4v) is 1.24. The Morgan fingerprint density at radius 3 is 2.93 bits per heavy atom.